The Kier molecular flexibility index (Phi) is 8.31. The summed E-state index contributed by atoms with van der Waals surface area (Å²) in [6, 6.07) is 20.7. The molecule has 0 saturated carbocycles. The summed E-state index contributed by atoms with van der Waals surface area (Å²) in [6.45, 7) is 7.17. The van der Waals surface area contributed by atoms with Gasteiger partial charge in [0.25, 0.3) is 0 Å². The first-order valence-corrected chi connectivity index (χ1v) is 13.7. The number of para-hydroxylation sites is 1. The van der Waals surface area contributed by atoms with E-state index in [1.54, 1.807) is 0 Å². The summed E-state index contributed by atoms with van der Waals surface area (Å²) in [5, 5.41) is 11.9. The third-order valence-corrected chi connectivity index (χ3v) is 8.01. The van der Waals surface area contributed by atoms with E-state index < -0.39 is 0 Å². The number of nitrogens with one attached hydrogen (secondary N) is 1. The molecule has 2 fully saturated rings. The molecule has 37 heavy (non-hydrogen) atoms. The number of hydrogen-bond acceptors (Lipinski definition) is 5. The minimum atomic E-state index is -0.190. The lowest BCUT2D eigenvalue weighted by Gasteiger charge is -2.31. The Balaban J connectivity index is 1.06. The van der Waals surface area contributed by atoms with Crippen LogP contribution in [0.1, 0.15) is 69.2 Å². The maximum Gasteiger partial charge on any atom is 0.229 e. The predicted molar refractivity (Wildman–Crippen MR) is 145 cm³/mol. The number of nitrogens with zero attached hydrogens (tertiary/aromatic N) is 4. The minimum Gasteiger partial charge on any atom is -0.374 e. The number of rotatable bonds is 9. The van der Waals surface area contributed by atoms with Crippen molar-refractivity contribution in [1.29, 1.82) is 0 Å². The second-order valence-electron chi connectivity index (χ2n) is 10.8. The monoisotopic (exact) mass is 501 g/mol. The topological polar surface area (TPSA) is 72.3 Å². The highest BCUT2D eigenvalue weighted by molar-refractivity contribution is 5.92. The van der Waals surface area contributed by atoms with Crippen LogP contribution < -0.4 is 5.32 Å². The standard InChI is InChI=1S/C30H39N5O2/c1-22(19-28-13-14-29(37-28)23(2)30(36)31-26-11-7-4-8-12-26)35-21-27(32-33-35)20-34-17-15-25(16-18-34)24-9-5-3-6-10-24/h3-12,21-23,25,28-29H,13-20H2,1-2H3,(H,31,36)/t22?,23-,28+,29-/m0/s1. The van der Waals surface area contributed by atoms with Crippen molar-refractivity contribution in [2.45, 2.75) is 76.7 Å². The Hall–Kier alpha value is -3.03. The van der Waals surface area contributed by atoms with Crippen molar-refractivity contribution < 1.29 is 9.53 Å². The molecule has 196 valence electrons. The zero-order valence-corrected chi connectivity index (χ0v) is 22.0. The molecule has 2 aromatic carbocycles. The molecule has 1 aromatic heterocycles. The number of amides is 1. The summed E-state index contributed by atoms with van der Waals surface area (Å²) in [5.74, 6) is 0.485. The van der Waals surface area contributed by atoms with Gasteiger partial charge in [0.15, 0.2) is 0 Å². The number of likely N-dealkylation sites (tertiary alicyclic amines) is 1. The SMILES string of the molecule is CC(C[C@H]1CC[C@@H]([C@H](C)C(=O)Nc2ccccc2)O1)n1cc(CN2CCC(c3ccccc3)CC2)nn1. The van der Waals surface area contributed by atoms with Crippen LogP contribution >= 0.6 is 0 Å². The fraction of sp³-hybridized carbons (Fsp3) is 0.500. The molecular weight excluding hydrogens is 462 g/mol. The van der Waals surface area contributed by atoms with Gasteiger partial charge in [0.1, 0.15) is 0 Å². The molecule has 2 saturated heterocycles. The molecule has 7 heteroatoms. The first-order valence-electron chi connectivity index (χ1n) is 13.7. The molecule has 3 aromatic rings. The number of piperidine rings is 1. The first kappa shape index (κ1) is 25.6. The van der Waals surface area contributed by atoms with Crippen molar-refractivity contribution in [2.75, 3.05) is 18.4 Å². The molecule has 1 N–H and O–H groups in total. The van der Waals surface area contributed by atoms with Gasteiger partial charge in [-0.3, -0.25) is 9.69 Å². The van der Waals surface area contributed by atoms with Crippen LogP contribution in [-0.4, -0.2) is 51.1 Å². The summed E-state index contributed by atoms with van der Waals surface area (Å²) in [4.78, 5) is 15.2. The van der Waals surface area contributed by atoms with E-state index in [-0.39, 0.29) is 30.1 Å². The highest BCUT2D eigenvalue weighted by atomic mass is 16.5. The molecule has 3 heterocycles. The summed E-state index contributed by atoms with van der Waals surface area (Å²) in [7, 11) is 0. The molecule has 0 bridgehead atoms. The lowest BCUT2D eigenvalue weighted by Crippen LogP contribution is -2.32. The second-order valence-corrected chi connectivity index (χ2v) is 10.8. The van der Waals surface area contributed by atoms with E-state index in [1.165, 1.54) is 18.4 Å². The predicted octanol–water partition coefficient (Wildman–Crippen LogP) is 5.43. The Morgan fingerprint density at radius 3 is 2.43 bits per heavy atom. The van der Waals surface area contributed by atoms with E-state index in [0.29, 0.717) is 5.92 Å². The number of benzene rings is 2. The summed E-state index contributed by atoms with van der Waals surface area (Å²) in [5.41, 5.74) is 3.32. The van der Waals surface area contributed by atoms with Crippen LogP contribution in [0, 0.1) is 5.92 Å². The van der Waals surface area contributed by atoms with Crippen molar-refractivity contribution in [1.82, 2.24) is 19.9 Å². The molecule has 2 aliphatic rings. The van der Waals surface area contributed by atoms with Crippen LogP contribution in [0.4, 0.5) is 5.69 Å². The summed E-state index contributed by atoms with van der Waals surface area (Å²) < 4.78 is 8.30. The average molecular weight is 502 g/mol. The number of aromatic nitrogens is 3. The van der Waals surface area contributed by atoms with Crippen LogP contribution in [0.3, 0.4) is 0 Å². The molecule has 1 amide bonds. The fourth-order valence-electron chi connectivity index (χ4n) is 5.69. The Morgan fingerprint density at radius 2 is 1.70 bits per heavy atom. The van der Waals surface area contributed by atoms with Gasteiger partial charge in [-0.05, 0) is 75.7 Å². The third-order valence-electron chi connectivity index (χ3n) is 8.01. The van der Waals surface area contributed by atoms with E-state index in [1.807, 2.05) is 41.9 Å². The second kappa shape index (κ2) is 12.0. The minimum absolute atomic E-state index is 0.0126. The molecule has 7 nitrogen and oxygen atoms in total. The van der Waals surface area contributed by atoms with Gasteiger partial charge in [0.05, 0.1) is 36.1 Å². The van der Waals surface area contributed by atoms with Crippen LogP contribution in [0.2, 0.25) is 0 Å². The van der Waals surface area contributed by atoms with Crippen molar-refractivity contribution in [2.24, 2.45) is 5.92 Å². The number of ether oxygens (including phenoxy) is 1. The van der Waals surface area contributed by atoms with Gasteiger partial charge in [-0.1, -0.05) is 60.7 Å². The van der Waals surface area contributed by atoms with Gasteiger partial charge >= 0.3 is 0 Å². The molecule has 0 spiro atoms. The van der Waals surface area contributed by atoms with Crippen molar-refractivity contribution in [3.8, 4) is 0 Å². The maximum atomic E-state index is 12.7. The van der Waals surface area contributed by atoms with E-state index in [0.717, 1.165) is 50.3 Å². The third kappa shape index (κ3) is 6.65. The smallest absolute Gasteiger partial charge is 0.229 e. The lowest BCUT2D eigenvalue weighted by atomic mass is 9.89. The van der Waals surface area contributed by atoms with E-state index in [4.69, 9.17) is 4.74 Å². The van der Waals surface area contributed by atoms with Gasteiger partial charge in [-0.2, -0.15) is 0 Å². The zero-order chi connectivity index (χ0) is 25.6. The van der Waals surface area contributed by atoms with Gasteiger partial charge in [0.2, 0.25) is 5.91 Å². The van der Waals surface area contributed by atoms with E-state index >= 15 is 0 Å². The number of carbonyl (C=O) groups is 1. The summed E-state index contributed by atoms with van der Waals surface area (Å²) in [6.07, 6.45) is 7.30. The highest BCUT2D eigenvalue weighted by Gasteiger charge is 2.34. The molecule has 5 rings (SSSR count). The maximum absolute atomic E-state index is 12.7. The Bertz CT molecular complexity index is 1130. The zero-order valence-electron chi connectivity index (χ0n) is 22.0. The quantitative estimate of drug-likeness (QED) is 0.423. The highest BCUT2D eigenvalue weighted by Crippen LogP contribution is 2.31. The van der Waals surface area contributed by atoms with Crippen molar-refractivity contribution >= 4 is 11.6 Å². The molecule has 0 aliphatic carbocycles. The Labute approximate surface area is 220 Å². The summed E-state index contributed by atoms with van der Waals surface area (Å²) >= 11 is 0. The Morgan fingerprint density at radius 1 is 1.00 bits per heavy atom. The molecule has 0 radical (unpaired) electrons. The van der Waals surface area contributed by atoms with Crippen LogP contribution in [0.25, 0.3) is 0 Å². The number of hydrogen-bond donors (Lipinski definition) is 1. The largest absolute Gasteiger partial charge is 0.374 e. The lowest BCUT2D eigenvalue weighted by molar-refractivity contribution is -0.124. The number of anilines is 1. The molecular formula is C30H39N5O2. The first-order chi connectivity index (χ1) is 18.0. The average Bonchev–Trinajstić information content (AvgIpc) is 3.60. The number of carbonyl (C=O) groups excluding carboxylic acids is 1. The van der Waals surface area contributed by atoms with Gasteiger partial charge in [-0.15, -0.1) is 5.10 Å². The van der Waals surface area contributed by atoms with Gasteiger partial charge in [0, 0.05) is 12.2 Å². The van der Waals surface area contributed by atoms with E-state index in [9.17, 15) is 4.79 Å². The van der Waals surface area contributed by atoms with Crippen molar-refractivity contribution in [3.05, 3.63) is 78.1 Å². The van der Waals surface area contributed by atoms with E-state index in [2.05, 4.69) is 64.0 Å². The normalized spacial score (nSPS) is 22.5. The van der Waals surface area contributed by atoms with Crippen molar-refractivity contribution in [3.63, 3.8) is 0 Å². The van der Waals surface area contributed by atoms with Crippen LogP contribution in [-0.2, 0) is 16.1 Å². The van der Waals surface area contributed by atoms with Crippen LogP contribution in [0.5, 0.6) is 0 Å². The molecule has 4 atom stereocenters. The van der Waals surface area contributed by atoms with Crippen LogP contribution in [0.15, 0.2) is 66.9 Å². The van der Waals surface area contributed by atoms with Gasteiger partial charge in [-0.25, -0.2) is 4.68 Å². The molecule has 1 unspecified atom stereocenters. The molecule has 2 aliphatic heterocycles. The fourth-order valence-corrected chi connectivity index (χ4v) is 5.69. The van der Waals surface area contributed by atoms with Gasteiger partial charge < -0.3 is 10.1 Å².